The molecular weight excluding hydrogens is 478 g/mol. The van der Waals surface area contributed by atoms with Crippen LogP contribution in [0, 0.1) is 0 Å². The van der Waals surface area contributed by atoms with Gasteiger partial charge in [0, 0.05) is 31.0 Å². The lowest BCUT2D eigenvalue weighted by molar-refractivity contribution is -0.139. The molecule has 194 valence electrons. The number of rotatable bonds is 10. The summed E-state index contributed by atoms with van der Waals surface area (Å²) in [6.07, 6.45) is 5.76. The molecule has 2 heterocycles. The summed E-state index contributed by atoms with van der Waals surface area (Å²) in [5.41, 5.74) is 0.896. The molecule has 1 aromatic heterocycles. The Kier molecular flexibility index (Phi) is 7.66. The first-order valence-electron chi connectivity index (χ1n) is 11.6. The minimum Gasteiger partial charge on any atom is -0.507 e. The monoisotopic (exact) mass is 507 g/mol. The highest BCUT2D eigenvalue weighted by Crippen LogP contribution is 2.45. The Hall–Kier alpha value is -4.47. The number of carbonyl (C=O) groups excluding carboxylic acids is 2. The summed E-state index contributed by atoms with van der Waals surface area (Å²) < 4.78 is 23.5. The van der Waals surface area contributed by atoms with Crippen molar-refractivity contribution >= 4 is 17.4 Å². The SMILES string of the molecule is COc1ccc(C(O)=C2C(=O)C(=O)N(CCCn3ccnc3)[C@@H]2c2cc(OC)c(OC)c(OC)c2)cc1. The number of imidazole rings is 1. The molecule has 10 nitrogen and oxygen atoms in total. The van der Waals surface area contributed by atoms with Gasteiger partial charge < -0.3 is 33.5 Å². The van der Waals surface area contributed by atoms with Crippen LogP contribution in [0.15, 0.2) is 60.7 Å². The van der Waals surface area contributed by atoms with E-state index in [1.807, 2.05) is 10.8 Å². The number of hydrogen-bond donors (Lipinski definition) is 1. The number of aliphatic hydroxyl groups is 1. The number of Topliss-reactive ketones (excluding diaryl/α,β-unsaturated/α-hetero) is 1. The zero-order chi connectivity index (χ0) is 26.5. The van der Waals surface area contributed by atoms with Gasteiger partial charge in [-0.1, -0.05) is 0 Å². The Bertz CT molecular complexity index is 1280. The number of hydrogen-bond acceptors (Lipinski definition) is 8. The van der Waals surface area contributed by atoms with Crippen LogP contribution in [0.2, 0.25) is 0 Å². The molecule has 1 fully saturated rings. The van der Waals surface area contributed by atoms with Crippen LogP contribution in [0.3, 0.4) is 0 Å². The fraction of sp³-hybridized carbons (Fsp3) is 0.296. The van der Waals surface area contributed by atoms with E-state index in [1.165, 1.54) is 33.3 Å². The van der Waals surface area contributed by atoms with Gasteiger partial charge in [0.15, 0.2) is 11.5 Å². The Morgan fingerprint density at radius 2 is 1.62 bits per heavy atom. The fourth-order valence-corrected chi connectivity index (χ4v) is 4.46. The smallest absolute Gasteiger partial charge is 0.295 e. The molecule has 1 aliphatic heterocycles. The van der Waals surface area contributed by atoms with Gasteiger partial charge >= 0.3 is 0 Å². The molecule has 0 unspecified atom stereocenters. The highest BCUT2D eigenvalue weighted by molar-refractivity contribution is 6.46. The molecule has 0 aliphatic carbocycles. The summed E-state index contributed by atoms with van der Waals surface area (Å²) in [6, 6.07) is 9.10. The fourth-order valence-electron chi connectivity index (χ4n) is 4.46. The van der Waals surface area contributed by atoms with Gasteiger partial charge in [-0.3, -0.25) is 9.59 Å². The highest BCUT2D eigenvalue weighted by atomic mass is 16.5. The molecule has 1 saturated heterocycles. The van der Waals surface area contributed by atoms with E-state index in [-0.39, 0.29) is 17.9 Å². The topological polar surface area (TPSA) is 112 Å². The third kappa shape index (κ3) is 4.95. The van der Waals surface area contributed by atoms with Crippen molar-refractivity contribution in [1.82, 2.24) is 14.5 Å². The van der Waals surface area contributed by atoms with Crippen LogP contribution < -0.4 is 18.9 Å². The van der Waals surface area contributed by atoms with Crippen molar-refractivity contribution in [3.63, 3.8) is 0 Å². The summed E-state index contributed by atoms with van der Waals surface area (Å²) >= 11 is 0. The van der Waals surface area contributed by atoms with E-state index in [0.717, 1.165) is 0 Å². The van der Waals surface area contributed by atoms with Crippen LogP contribution in [0.5, 0.6) is 23.0 Å². The number of ketones is 1. The molecule has 0 radical (unpaired) electrons. The van der Waals surface area contributed by atoms with Crippen molar-refractivity contribution in [3.8, 4) is 23.0 Å². The molecule has 0 bridgehead atoms. The number of carbonyl (C=O) groups is 2. The predicted molar refractivity (Wildman–Crippen MR) is 135 cm³/mol. The number of amides is 1. The maximum atomic E-state index is 13.3. The van der Waals surface area contributed by atoms with E-state index in [9.17, 15) is 14.7 Å². The molecule has 1 atom stereocenters. The lowest BCUT2D eigenvalue weighted by atomic mass is 9.94. The van der Waals surface area contributed by atoms with Gasteiger partial charge in [-0.05, 0) is 48.4 Å². The van der Waals surface area contributed by atoms with Gasteiger partial charge in [0.2, 0.25) is 5.75 Å². The average molecular weight is 508 g/mol. The zero-order valence-electron chi connectivity index (χ0n) is 21.1. The quantitative estimate of drug-likeness (QED) is 0.252. The standard InChI is InChI=1S/C27H29N3O7/c1-34-19-8-6-17(7-9-19)24(31)22-23(18-14-20(35-2)26(37-4)21(15-18)36-3)30(27(33)25(22)32)12-5-11-29-13-10-28-16-29/h6-10,13-16,23,31H,5,11-12H2,1-4H3/t23-/m1/s1. The minimum atomic E-state index is -0.876. The Labute approximate surface area is 214 Å². The summed E-state index contributed by atoms with van der Waals surface area (Å²) in [6.45, 7) is 0.868. The Morgan fingerprint density at radius 3 is 2.16 bits per heavy atom. The number of aliphatic hydroxyl groups excluding tert-OH is 1. The van der Waals surface area contributed by atoms with Crippen LogP contribution in [-0.4, -0.2) is 66.2 Å². The summed E-state index contributed by atoms with van der Waals surface area (Å²) in [5, 5.41) is 11.3. The molecule has 1 amide bonds. The molecule has 4 rings (SSSR count). The number of methoxy groups -OCH3 is 4. The second-order valence-corrected chi connectivity index (χ2v) is 8.33. The molecule has 0 spiro atoms. The number of benzene rings is 2. The normalized spacial score (nSPS) is 16.6. The van der Waals surface area contributed by atoms with Gasteiger partial charge in [0.05, 0.1) is 46.4 Å². The molecule has 0 saturated carbocycles. The number of aromatic nitrogens is 2. The van der Waals surface area contributed by atoms with Crippen LogP contribution in [0.25, 0.3) is 5.76 Å². The predicted octanol–water partition coefficient (Wildman–Crippen LogP) is 3.43. The number of aryl methyl sites for hydroxylation is 1. The molecule has 37 heavy (non-hydrogen) atoms. The summed E-state index contributed by atoms with van der Waals surface area (Å²) in [4.78, 5) is 32.1. The van der Waals surface area contributed by atoms with Crippen molar-refractivity contribution in [3.05, 3.63) is 71.8 Å². The maximum absolute atomic E-state index is 13.3. The van der Waals surface area contributed by atoms with Gasteiger partial charge in [-0.15, -0.1) is 0 Å². The van der Waals surface area contributed by atoms with Crippen LogP contribution in [0.4, 0.5) is 0 Å². The van der Waals surface area contributed by atoms with E-state index in [1.54, 1.807) is 48.9 Å². The average Bonchev–Trinajstić information content (AvgIpc) is 3.54. The van der Waals surface area contributed by atoms with Crippen molar-refractivity contribution in [2.75, 3.05) is 35.0 Å². The van der Waals surface area contributed by atoms with Crippen molar-refractivity contribution in [2.24, 2.45) is 0 Å². The maximum Gasteiger partial charge on any atom is 0.295 e. The number of nitrogens with zero attached hydrogens (tertiary/aromatic N) is 3. The molecule has 10 heteroatoms. The Morgan fingerprint density at radius 1 is 0.946 bits per heavy atom. The van der Waals surface area contributed by atoms with E-state index in [0.29, 0.717) is 47.1 Å². The molecule has 1 aliphatic rings. The lowest BCUT2D eigenvalue weighted by Crippen LogP contribution is -2.31. The van der Waals surface area contributed by atoms with Crippen molar-refractivity contribution in [1.29, 1.82) is 0 Å². The summed E-state index contributed by atoms with van der Waals surface area (Å²) in [7, 11) is 6.00. The first kappa shape index (κ1) is 25.6. The first-order chi connectivity index (χ1) is 17.9. The van der Waals surface area contributed by atoms with Crippen LogP contribution in [-0.2, 0) is 16.1 Å². The van der Waals surface area contributed by atoms with Gasteiger partial charge in [0.25, 0.3) is 11.7 Å². The third-order valence-corrected chi connectivity index (χ3v) is 6.28. The van der Waals surface area contributed by atoms with E-state index >= 15 is 0 Å². The lowest BCUT2D eigenvalue weighted by Gasteiger charge is -2.26. The van der Waals surface area contributed by atoms with E-state index in [2.05, 4.69) is 4.98 Å². The van der Waals surface area contributed by atoms with Crippen molar-refractivity contribution in [2.45, 2.75) is 19.0 Å². The largest absolute Gasteiger partial charge is 0.507 e. The van der Waals surface area contributed by atoms with Crippen LogP contribution in [0.1, 0.15) is 23.6 Å². The number of likely N-dealkylation sites (tertiary alicyclic amines) is 1. The van der Waals surface area contributed by atoms with Gasteiger partial charge in [-0.2, -0.15) is 0 Å². The second kappa shape index (κ2) is 11.1. The molecule has 3 aromatic rings. The third-order valence-electron chi connectivity index (χ3n) is 6.28. The first-order valence-corrected chi connectivity index (χ1v) is 11.6. The van der Waals surface area contributed by atoms with Gasteiger partial charge in [0.1, 0.15) is 11.5 Å². The van der Waals surface area contributed by atoms with Crippen LogP contribution >= 0.6 is 0 Å². The molecule has 2 aromatic carbocycles. The zero-order valence-corrected chi connectivity index (χ0v) is 21.1. The number of ether oxygens (including phenoxy) is 4. The second-order valence-electron chi connectivity index (χ2n) is 8.33. The van der Waals surface area contributed by atoms with Gasteiger partial charge in [-0.25, -0.2) is 4.98 Å². The molecule has 1 N–H and O–H groups in total. The minimum absolute atomic E-state index is 0.0212. The molecular formula is C27H29N3O7. The van der Waals surface area contributed by atoms with Crippen molar-refractivity contribution < 1.29 is 33.6 Å². The van der Waals surface area contributed by atoms with E-state index in [4.69, 9.17) is 18.9 Å². The highest BCUT2D eigenvalue weighted by Gasteiger charge is 2.46. The van der Waals surface area contributed by atoms with E-state index < -0.39 is 17.7 Å². The summed E-state index contributed by atoms with van der Waals surface area (Å²) in [5.74, 6) is -0.0414. The Balaban J connectivity index is 1.82.